The second kappa shape index (κ2) is 8.49. The third-order valence-electron chi connectivity index (χ3n) is 6.06. The van der Waals surface area contributed by atoms with Crippen molar-refractivity contribution in [1.82, 2.24) is 19.3 Å². The average molecular weight is 431 g/mol. The minimum atomic E-state index is -0.0408. The van der Waals surface area contributed by atoms with Gasteiger partial charge in [-0.15, -0.1) is 0 Å². The molecule has 1 aromatic carbocycles. The molecule has 0 N–H and O–H groups in total. The maximum Gasteiger partial charge on any atom is 0.274 e. The van der Waals surface area contributed by atoms with Crippen molar-refractivity contribution >= 4 is 11.6 Å². The number of hydrogen-bond donors (Lipinski definition) is 0. The second-order valence-corrected chi connectivity index (χ2v) is 8.30. The van der Waals surface area contributed by atoms with Crippen LogP contribution in [0.4, 0.5) is 0 Å². The molecule has 4 aromatic rings. The third kappa shape index (κ3) is 3.98. The average Bonchev–Trinajstić information content (AvgIpc) is 3.47. The smallest absolute Gasteiger partial charge is 0.274 e. The van der Waals surface area contributed by atoms with Crippen LogP contribution in [0, 0.1) is 6.92 Å². The van der Waals surface area contributed by atoms with Gasteiger partial charge in [0.15, 0.2) is 5.89 Å². The predicted octanol–water partition coefficient (Wildman–Crippen LogP) is 4.25. The minimum Gasteiger partial charge on any atom is -0.497 e. The summed E-state index contributed by atoms with van der Waals surface area (Å²) in [6, 6.07) is 13.8. The van der Waals surface area contributed by atoms with Crippen molar-refractivity contribution in [3.05, 3.63) is 83.5 Å². The van der Waals surface area contributed by atoms with Crippen LogP contribution in [-0.2, 0) is 6.42 Å². The molecule has 0 aliphatic carbocycles. The summed E-state index contributed by atoms with van der Waals surface area (Å²) in [4.78, 5) is 24.1. The summed E-state index contributed by atoms with van der Waals surface area (Å²) in [6.45, 7) is 3.32. The molecule has 7 nitrogen and oxygen atoms in total. The molecule has 1 aliphatic rings. The van der Waals surface area contributed by atoms with Crippen LogP contribution in [0.1, 0.15) is 52.2 Å². The van der Waals surface area contributed by atoms with Gasteiger partial charge in [0.1, 0.15) is 22.9 Å². The number of methoxy groups -OCH3 is 1. The van der Waals surface area contributed by atoms with Crippen LogP contribution >= 0.6 is 0 Å². The lowest BCUT2D eigenvalue weighted by Gasteiger charge is -2.30. The number of nitrogens with zero attached hydrogens (tertiary/aromatic N) is 4. The standard InChI is InChI=1S/C25H26N4O3/c1-17-6-3-10-23-27-22(16-29(17)23)25(30)28-11-5-8-19(15-28)24-26-14-21(32-24)13-18-7-4-9-20(12-18)31-2/h3-4,6-7,9-10,12,14,16,19H,5,8,11,13,15H2,1-2H3/t19-/m1/s1. The molecule has 0 unspecified atom stereocenters. The topological polar surface area (TPSA) is 72.9 Å². The van der Waals surface area contributed by atoms with E-state index in [-0.39, 0.29) is 11.8 Å². The van der Waals surface area contributed by atoms with Crippen molar-refractivity contribution in [2.24, 2.45) is 0 Å². The van der Waals surface area contributed by atoms with Crippen LogP contribution in [-0.4, -0.2) is 45.4 Å². The molecule has 1 fully saturated rings. The first-order valence-electron chi connectivity index (χ1n) is 10.9. The van der Waals surface area contributed by atoms with E-state index in [1.807, 2.05) is 64.9 Å². The molecule has 1 aliphatic heterocycles. The van der Waals surface area contributed by atoms with Gasteiger partial charge in [-0.05, 0) is 49.6 Å². The molecule has 0 spiro atoms. The Hall–Kier alpha value is -3.61. The molecule has 5 rings (SSSR count). The lowest BCUT2D eigenvalue weighted by atomic mass is 9.98. The van der Waals surface area contributed by atoms with Gasteiger partial charge in [0.25, 0.3) is 5.91 Å². The Morgan fingerprint density at radius 3 is 2.97 bits per heavy atom. The number of amides is 1. The van der Waals surface area contributed by atoms with E-state index in [1.54, 1.807) is 13.3 Å². The molecule has 1 saturated heterocycles. The number of carbonyl (C=O) groups is 1. The number of piperidine rings is 1. The van der Waals surface area contributed by atoms with E-state index >= 15 is 0 Å². The lowest BCUT2D eigenvalue weighted by molar-refractivity contribution is 0.0692. The normalized spacial score (nSPS) is 16.4. The number of hydrogen-bond acceptors (Lipinski definition) is 5. The molecule has 4 heterocycles. The Morgan fingerprint density at radius 1 is 1.25 bits per heavy atom. The summed E-state index contributed by atoms with van der Waals surface area (Å²) in [6.07, 6.45) is 6.14. The molecule has 1 amide bonds. The summed E-state index contributed by atoms with van der Waals surface area (Å²) in [5.74, 6) is 2.39. The Morgan fingerprint density at radius 2 is 2.12 bits per heavy atom. The number of oxazole rings is 1. The van der Waals surface area contributed by atoms with Gasteiger partial charge in [-0.25, -0.2) is 9.97 Å². The molecule has 7 heteroatoms. The zero-order chi connectivity index (χ0) is 22.1. The first-order chi connectivity index (χ1) is 15.6. The number of ether oxygens (including phenoxy) is 1. The lowest BCUT2D eigenvalue weighted by Crippen LogP contribution is -2.39. The van der Waals surface area contributed by atoms with E-state index in [1.165, 1.54) is 0 Å². The van der Waals surface area contributed by atoms with Crippen molar-refractivity contribution < 1.29 is 13.9 Å². The number of rotatable bonds is 5. The highest BCUT2D eigenvalue weighted by Gasteiger charge is 2.29. The highest BCUT2D eigenvalue weighted by Crippen LogP contribution is 2.28. The van der Waals surface area contributed by atoms with Gasteiger partial charge in [-0.1, -0.05) is 18.2 Å². The summed E-state index contributed by atoms with van der Waals surface area (Å²) in [5, 5.41) is 0. The van der Waals surface area contributed by atoms with Crippen LogP contribution < -0.4 is 4.74 Å². The Balaban J connectivity index is 1.29. The third-order valence-corrected chi connectivity index (χ3v) is 6.06. The van der Waals surface area contributed by atoms with Gasteiger partial charge in [0.05, 0.1) is 19.2 Å². The number of imidazole rings is 1. The molecule has 1 atom stereocenters. The van der Waals surface area contributed by atoms with E-state index in [4.69, 9.17) is 9.15 Å². The van der Waals surface area contributed by atoms with Crippen LogP contribution in [0.5, 0.6) is 5.75 Å². The van der Waals surface area contributed by atoms with Crippen molar-refractivity contribution in [3.63, 3.8) is 0 Å². The maximum atomic E-state index is 13.2. The number of aryl methyl sites for hydroxylation is 1. The Labute approximate surface area is 186 Å². The zero-order valence-electron chi connectivity index (χ0n) is 18.3. The van der Waals surface area contributed by atoms with E-state index in [9.17, 15) is 4.79 Å². The van der Waals surface area contributed by atoms with Gasteiger partial charge in [0, 0.05) is 31.4 Å². The largest absolute Gasteiger partial charge is 0.497 e. The van der Waals surface area contributed by atoms with Crippen molar-refractivity contribution in [1.29, 1.82) is 0 Å². The molecule has 0 radical (unpaired) electrons. The van der Waals surface area contributed by atoms with E-state index < -0.39 is 0 Å². The van der Waals surface area contributed by atoms with Crippen LogP contribution in [0.2, 0.25) is 0 Å². The molecular weight excluding hydrogens is 404 g/mol. The van der Waals surface area contributed by atoms with E-state index in [0.717, 1.165) is 47.8 Å². The number of benzene rings is 1. The first kappa shape index (κ1) is 20.3. The SMILES string of the molecule is COc1cccc(Cc2cnc([C@@H]3CCCN(C(=O)c4cn5c(C)cccc5n4)C3)o2)c1. The number of fused-ring (bicyclic) bond motifs is 1. The van der Waals surface area contributed by atoms with Crippen molar-refractivity contribution in [2.45, 2.75) is 32.1 Å². The van der Waals surface area contributed by atoms with Gasteiger partial charge < -0.3 is 18.5 Å². The fourth-order valence-corrected chi connectivity index (χ4v) is 4.35. The Bertz CT molecular complexity index is 1260. The summed E-state index contributed by atoms with van der Waals surface area (Å²) >= 11 is 0. The maximum absolute atomic E-state index is 13.2. The summed E-state index contributed by atoms with van der Waals surface area (Å²) < 4.78 is 13.3. The molecule has 3 aromatic heterocycles. The van der Waals surface area contributed by atoms with Gasteiger partial charge in [0.2, 0.25) is 0 Å². The van der Waals surface area contributed by atoms with E-state index in [0.29, 0.717) is 24.6 Å². The molecule has 164 valence electrons. The second-order valence-electron chi connectivity index (χ2n) is 8.30. The highest BCUT2D eigenvalue weighted by molar-refractivity contribution is 5.93. The van der Waals surface area contributed by atoms with Gasteiger partial charge >= 0.3 is 0 Å². The zero-order valence-corrected chi connectivity index (χ0v) is 18.3. The van der Waals surface area contributed by atoms with Gasteiger partial charge in [-0.2, -0.15) is 0 Å². The molecular formula is C25H26N4O3. The molecule has 0 bridgehead atoms. The monoisotopic (exact) mass is 430 g/mol. The predicted molar refractivity (Wildman–Crippen MR) is 120 cm³/mol. The quantitative estimate of drug-likeness (QED) is 0.473. The Kier molecular flexibility index (Phi) is 5.39. The van der Waals surface area contributed by atoms with Crippen LogP contribution in [0.15, 0.2) is 59.3 Å². The summed E-state index contributed by atoms with van der Waals surface area (Å²) in [5.41, 5.74) is 3.42. The first-order valence-corrected chi connectivity index (χ1v) is 10.9. The van der Waals surface area contributed by atoms with Crippen LogP contribution in [0.25, 0.3) is 5.65 Å². The molecule has 0 saturated carbocycles. The van der Waals surface area contributed by atoms with Crippen molar-refractivity contribution in [2.75, 3.05) is 20.2 Å². The van der Waals surface area contributed by atoms with E-state index in [2.05, 4.69) is 9.97 Å². The highest BCUT2D eigenvalue weighted by atomic mass is 16.5. The number of likely N-dealkylation sites (tertiary alicyclic amines) is 1. The number of pyridine rings is 1. The van der Waals surface area contributed by atoms with Crippen LogP contribution in [0.3, 0.4) is 0 Å². The van der Waals surface area contributed by atoms with Gasteiger partial charge in [-0.3, -0.25) is 4.79 Å². The number of aromatic nitrogens is 3. The number of carbonyl (C=O) groups excluding carboxylic acids is 1. The fourth-order valence-electron chi connectivity index (χ4n) is 4.35. The summed E-state index contributed by atoms with van der Waals surface area (Å²) in [7, 11) is 1.66. The van der Waals surface area contributed by atoms with Crippen molar-refractivity contribution in [3.8, 4) is 5.75 Å². The minimum absolute atomic E-state index is 0.0408. The molecule has 32 heavy (non-hydrogen) atoms. The fraction of sp³-hybridized carbons (Fsp3) is 0.320.